The molecule has 1 heterocycles. The highest BCUT2D eigenvalue weighted by atomic mass is 19.3. The van der Waals surface area contributed by atoms with Gasteiger partial charge in [-0.25, -0.2) is 0 Å². The van der Waals surface area contributed by atoms with E-state index in [1.165, 1.54) is 12.1 Å². The summed E-state index contributed by atoms with van der Waals surface area (Å²) in [6.07, 6.45) is 0. The largest absolute Gasteiger partial charge is 0.435 e. The fraction of sp³-hybridized carbons (Fsp3) is 0.316. The van der Waals surface area contributed by atoms with Crippen LogP contribution >= 0.6 is 0 Å². The number of rotatable bonds is 6. The van der Waals surface area contributed by atoms with Crippen molar-refractivity contribution in [1.29, 1.82) is 0 Å². The first kappa shape index (κ1) is 18.1. The number of benzene rings is 2. The SMILES string of the molecule is O=C(NCc1ccc(OC(F)F)cc1)c1ccc(N2CCOCC2)cc1. The van der Waals surface area contributed by atoms with Crippen molar-refractivity contribution < 1.29 is 23.0 Å². The average molecular weight is 362 g/mol. The van der Waals surface area contributed by atoms with Crippen LogP contribution in [0.25, 0.3) is 0 Å². The van der Waals surface area contributed by atoms with Gasteiger partial charge in [-0.2, -0.15) is 8.78 Å². The van der Waals surface area contributed by atoms with Crippen molar-refractivity contribution in [3.63, 3.8) is 0 Å². The van der Waals surface area contributed by atoms with Gasteiger partial charge in [0.2, 0.25) is 0 Å². The van der Waals surface area contributed by atoms with Crippen LogP contribution in [0.5, 0.6) is 5.75 Å². The van der Waals surface area contributed by atoms with Crippen molar-refractivity contribution in [2.75, 3.05) is 31.2 Å². The maximum absolute atomic E-state index is 12.2. The number of hydrogen-bond acceptors (Lipinski definition) is 4. The van der Waals surface area contributed by atoms with Gasteiger partial charge in [-0.1, -0.05) is 12.1 Å². The van der Waals surface area contributed by atoms with Gasteiger partial charge in [0.25, 0.3) is 5.91 Å². The number of morpholine rings is 1. The molecular weight excluding hydrogens is 342 g/mol. The standard InChI is InChI=1S/C19H20F2N2O3/c20-19(21)26-17-7-1-14(2-8-17)13-22-18(24)15-3-5-16(6-4-15)23-9-11-25-12-10-23/h1-8,19H,9-13H2,(H,22,24). The van der Waals surface area contributed by atoms with E-state index in [1.54, 1.807) is 24.3 Å². The Bertz CT molecular complexity index is 715. The van der Waals surface area contributed by atoms with E-state index in [-0.39, 0.29) is 11.7 Å². The van der Waals surface area contributed by atoms with E-state index < -0.39 is 6.61 Å². The number of nitrogens with one attached hydrogen (secondary N) is 1. The fourth-order valence-electron chi connectivity index (χ4n) is 2.72. The second-order valence-corrected chi connectivity index (χ2v) is 5.85. The third-order valence-corrected chi connectivity index (χ3v) is 4.11. The number of amides is 1. The number of halogens is 2. The lowest BCUT2D eigenvalue weighted by atomic mass is 10.1. The first-order valence-electron chi connectivity index (χ1n) is 8.36. The molecule has 0 saturated carbocycles. The molecule has 0 atom stereocenters. The smallest absolute Gasteiger partial charge is 0.387 e. The molecule has 5 nitrogen and oxygen atoms in total. The van der Waals surface area contributed by atoms with Gasteiger partial charge in [0.1, 0.15) is 5.75 Å². The van der Waals surface area contributed by atoms with Crippen LogP contribution in [0.4, 0.5) is 14.5 Å². The Labute approximate surface area is 150 Å². The number of ether oxygens (including phenoxy) is 2. The van der Waals surface area contributed by atoms with E-state index in [9.17, 15) is 13.6 Å². The summed E-state index contributed by atoms with van der Waals surface area (Å²) in [5.41, 5.74) is 2.43. The van der Waals surface area contributed by atoms with Crippen LogP contribution in [0.2, 0.25) is 0 Å². The van der Waals surface area contributed by atoms with Crippen LogP contribution in [0.3, 0.4) is 0 Å². The maximum Gasteiger partial charge on any atom is 0.387 e. The molecule has 1 aliphatic heterocycles. The first-order valence-corrected chi connectivity index (χ1v) is 8.36. The lowest BCUT2D eigenvalue weighted by Gasteiger charge is -2.28. The lowest BCUT2D eigenvalue weighted by Crippen LogP contribution is -2.36. The highest BCUT2D eigenvalue weighted by Crippen LogP contribution is 2.17. The average Bonchev–Trinajstić information content (AvgIpc) is 2.67. The van der Waals surface area contributed by atoms with Gasteiger partial charge in [-0.05, 0) is 42.0 Å². The molecule has 1 amide bonds. The molecule has 0 radical (unpaired) electrons. The molecule has 1 aliphatic rings. The Kier molecular flexibility index (Phi) is 6.01. The summed E-state index contributed by atoms with van der Waals surface area (Å²) in [6.45, 7) is 0.570. The quantitative estimate of drug-likeness (QED) is 0.858. The number of carbonyl (C=O) groups is 1. The van der Waals surface area contributed by atoms with Crippen LogP contribution in [0, 0.1) is 0 Å². The van der Waals surface area contributed by atoms with Crippen LogP contribution < -0.4 is 15.0 Å². The number of nitrogens with zero attached hydrogens (tertiary/aromatic N) is 1. The first-order chi connectivity index (χ1) is 12.6. The van der Waals surface area contributed by atoms with E-state index in [1.807, 2.05) is 12.1 Å². The second-order valence-electron chi connectivity index (χ2n) is 5.85. The predicted octanol–water partition coefficient (Wildman–Crippen LogP) is 3.05. The lowest BCUT2D eigenvalue weighted by molar-refractivity contribution is -0.0498. The van der Waals surface area contributed by atoms with E-state index in [2.05, 4.69) is 15.0 Å². The van der Waals surface area contributed by atoms with E-state index in [4.69, 9.17) is 4.74 Å². The molecule has 0 bridgehead atoms. The zero-order chi connectivity index (χ0) is 18.4. The zero-order valence-electron chi connectivity index (χ0n) is 14.2. The Balaban J connectivity index is 1.53. The van der Waals surface area contributed by atoms with Crippen molar-refractivity contribution in [2.45, 2.75) is 13.2 Å². The Morgan fingerprint density at radius 2 is 1.73 bits per heavy atom. The summed E-state index contributed by atoms with van der Waals surface area (Å²) in [5, 5.41) is 2.81. The monoisotopic (exact) mass is 362 g/mol. The molecule has 138 valence electrons. The fourth-order valence-corrected chi connectivity index (χ4v) is 2.72. The maximum atomic E-state index is 12.2. The van der Waals surface area contributed by atoms with E-state index in [0.717, 1.165) is 24.3 Å². The van der Waals surface area contributed by atoms with Gasteiger partial charge in [0.05, 0.1) is 13.2 Å². The number of alkyl halides is 2. The molecule has 0 unspecified atom stereocenters. The van der Waals surface area contributed by atoms with E-state index >= 15 is 0 Å². The molecule has 1 saturated heterocycles. The van der Waals surface area contributed by atoms with Crippen LogP contribution in [-0.2, 0) is 11.3 Å². The minimum atomic E-state index is -2.85. The highest BCUT2D eigenvalue weighted by molar-refractivity contribution is 5.94. The summed E-state index contributed by atoms with van der Waals surface area (Å²) >= 11 is 0. The number of carbonyl (C=O) groups excluding carboxylic acids is 1. The summed E-state index contributed by atoms with van der Waals surface area (Å²) in [4.78, 5) is 14.5. The molecule has 1 fully saturated rings. The molecule has 0 spiro atoms. The van der Waals surface area contributed by atoms with Crippen molar-refractivity contribution in [1.82, 2.24) is 5.32 Å². The third kappa shape index (κ3) is 4.92. The van der Waals surface area contributed by atoms with E-state index in [0.29, 0.717) is 25.3 Å². The summed E-state index contributed by atoms with van der Waals surface area (Å²) < 4.78 is 33.9. The molecule has 0 aromatic heterocycles. The van der Waals surface area contributed by atoms with Crippen LogP contribution in [-0.4, -0.2) is 38.8 Å². The normalized spacial score (nSPS) is 14.3. The van der Waals surface area contributed by atoms with Gasteiger partial charge in [-0.3, -0.25) is 4.79 Å². The van der Waals surface area contributed by atoms with Gasteiger partial charge < -0.3 is 19.7 Å². The predicted molar refractivity (Wildman–Crippen MR) is 93.7 cm³/mol. The molecule has 0 aliphatic carbocycles. The Morgan fingerprint density at radius 3 is 2.35 bits per heavy atom. The van der Waals surface area contributed by atoms with Gasteiger partial charge in [0, 0.05) is 30.9 Å². The topological polar surface area (TPSA) is 50.8 Å². The summed E-state index contributed by atoms with van der Waals surface area (Å²) in [6, 6.07) is 13.6. The second kappa shape index (κ2) is 8.62. The van der Waals surface area contributed by atoms with Crippen LogP contribution in [0.15, 0.2) is 48.5 Å². The summed E-state index contributed by atoms with van der Waals surface area (Å²) in [7, 11) is 0. The Morgan fingerprint density at radius 1 is 1.08 bits per heavy atom. The number of hydrogen-bond donors (Lipinski definition) is 1. The third-order valence-electron chi connectivity index (χ3n) is 4.11. The summed E-state index contributed by atoms with van der Waals surface area (Å²) in [5.74, 6) is -0.0970. The zero-order valence-corrected chi connectivity index (χ0v) is 14.2. The minimum Gasteiger partial charge on any atom is -0.435 e. The van der Waals surface area contributed by atoms with Crippen molar-refractivity contribution in [3.8, 4) is 5.75 Å². The van der Waals surface area contributed by atoms with Crippen molar-refractivity contribution in [3.05, 3.63) is 59.7 Å². The Hall–Kier alpha value is -2.67. The molecular formula is C19H20F2N2O3. The molecule has 26 heavy (non-hydrogen) atoms. The van der Waals surface area contributed by atoms with Gasteiger partial charge in [-0.15, -0.1) is 0 Å². The van der Waals surface area contributed by atoms with Gasteiger partial charge >= 0.3 is 6.61 Å². The van der Waals surface area contributed by atoms with Crippen LogP contribution in [0.1, 0.15) is 15.9 Å². The molecule has 2 aromatic rings. The van der Waals surface area contributed by atoms with Crippen molar-refractivity contribution >= 4 is 11.6 Å². The molecule has 1 N–H and O–H groups in total. The molecule has 3 rings (SSSR count). The van der Waals surface area contributed by atoms with Gasteiger partial charge in [0.15, 0.2) is 0 Å². The number of anilines is 1. The molecule has 7 heteroatoms. The minimum absolute atomic E-state index is 0.0915. The molecule has 2 aromatic carbocycles. The van der Waals surface area contributed by atoms with Crippen molar-refractivity contribution in [2.24, 2.45) is 0 Å². The highest BCUT2D eigenvalue weighted by Gasteiger charge is 2.12.